The summed E-state index contributed by atoms with van der Waals surface area (Å²) in [6.45, 7) is 4.71. The first-order valence-corrected chi connectivity index (χ1v) is 6.21. The quantitative estimate of drug-likeness (QED) is 0.598. The van der Waals surface area contributed by atoms with Crippen LogP contribution in [0.25, 0.3) is 0 Å². The molecular formula is C14H21NO3. The summed E-state index contributed by atoms with van der Waals surface area (Å²) < 4.78 is 10.2. The van der Waals surface area contributed by atoms with Crippen LogP contribution >= 0.6 is 0 Å². The minimum Gasteiger partial charge on any atom is -0.496 e. The first-order chi connectivity index (χ1) is 8.67. The number of unbranched alkanes of at least 4 members (excludes halogenated alkanes) is 1. The van der Waals surface area contributed by atoms with Crippen molar-refractivity contribution in [2.45, 2.75) is 26.7 Å². The number of nitrogens with one attached hydrogen (secondary N) is 1. The van der Waals surface area contributed by atoms with Crippen molar-refractivity contribution < 1.29 is 14.3 Å². The molecule has 1 aromatic carbocycles. The van der Waals surface area contributed by atoms with E-state index in [0.29, 0.717) is 6.61 Å². The fourth-order valence-electron chi connectivity index (χ4n) is 1.54. The lowest BCUT2D eigenvalue weighted by molar-refractivity contribution is -0.141. The van der Waals surface area contributed by atoms with Crippen LogP contribution in [0.5, 0.6) is 5.75 Å². The third-order valence-corrected chi connectivity index (χ3v) is 2.59. The summed E-state index contributed by atoms with van der Waals surface area (Å²) in [4.78, 5) is 11.4. The van der Waals surface area contributed by atoms with E-state index in [-0.39, 0.29) is 12.5 Å². The van der Waals surface area contributed by atoms with Crippen molar-refractivity contribution in [1.29, 1.82) is 0 Å². The molecule has 1 rings (SSSR count). The molecule has 0 fully saturated rings. The van der Waals surface area contributed by atoms with Gasteiger partial charge in [-0.05, 0) is 37.1 Å². The van der Waals surface area contributed by atoms with E-state index >= 15 is 0 Å². The van der Waals surface area contributed by atoms with E-state index in [1.807, 2.05) is 25.1 Å². The average Bonchev–Trinajstić information content (AvgIpc) is 2.37. The fraction of sp³-hybridized carbons (Fsp3) is 0.500. The first-order valence-electron chi connectivity index (χ1n) is 6.21. The number of rotatable bonds is 7. The van der Waals surface area contributed by atoms with Crippen molar-refractivity contribution >= 4 is 11.7 Å². The molecule has 0 aliphatic carbocycles. The summed E-state index contributed by atoms with van der Waals surface area (Å²) in [5.74, 6) is 0.614. The maximum atomic E-state index is 11.4. The number of hydrogen-bond acceptors (Lipinski definition) is 4. The zero-order valence-corrected chi connectivity index (χ0v) is 11.3. The van der Waals surface area contributed by atoms with E-state index in [9.17, 15) is 4.79 Å². The third-order valence-electron chi connectivity index (χ3n) is 2.59. The molecule has 0 saturated carbocycles. The van der Waals surface area contributed by atoms with Gasteiger partial charge < -0.3 is 14.8 Å². The molecule has 1 N–H and O–H groups in total. The minimum absolute atomic E-state index is 0.190. The van der Waals surface area contributed by atoms with E-state index in [2.05, 4.69) is 12.2 Å². The van der Waals surface area contributed by atoms with Crippen molar-refractivity contribution in [3.8, 4) is 5.75 Å². The standard InChI is InChI=1S/C14H21NO3/c1-4-5-8-18-14(16)10-15-12-6-7-13(17-3)11(2)9-12/h6-7,9,15H,4-5,8,10H2,1-3H3. The highest BCUT2D eigenvalue weighted by Gasteiger charge is 2.04. The second kappa shape index (κ2) is 7.58. The summed E-state index contributed by atoms with van der Waals surface area (Å²) in [5.41, 5.74) is 1.92. The number of ether oxygens (including phenoxy) is 2. The van der Waals surface area contributed by atoms with Gasteiger partial charge in [0.25, 0.3) is 0 Å². The Morgan fingerprint density at radius 3 is 2.78 bits per heavy atom. The second-order valence-electron chi connectivity index (χ2n) is 4.11. The van der Waals surface area contributed by atoms with Crippen LogP contribution in [0.2, 0.25) is 0 Å². The third kappa shape index (κ3) is 4.65. The van der Waals surface area contributed by atoms with Crippen LogP contribution in [0.4, 0.5) is 5.69 Å². The summed E-state index contributed by atoms with van der Waals surface area (Å²) in [7, 11) is 1.64. The van der Waals surface area contributed by atoms with Gasteiger partial charge in [-0.25, -0.2) is 0 Å². The number of esters is 1. The number of carbonyl (C=O) groups is 1. The minimum atomic E-state index is -0.225. The van der Waals surface area contributed by atoms with Gasteiger partial charge in [0, 0.05) is 5.69 Å². The molecule has 100 valence electrons. The lowest BCUT2D eigenvalue weighted by Crippen LogP contribution is -2.17. The Morgan fingerprint density at radius 1 is 1.39 bits per heavy atom. The summed E-state index contributed by atoms with van der Waals surface area (Å²) >= 11 is 0. The topological polar surface area (TPSA) is 47.6 Å². The monoisotopic (exact) mass is 251 g/mol. The lowest BCUT2D eigenvalue weighted by atomic mass is 10.2. The van der Waals surface area contributed by atoms with Crippen LogP contribution in [-0.2, 0) is 9.53 Å². The van der Waals surface area contributed by atoms with Gasteiger partial charge in [-0.15, -0.1) is 0 Å². The van der Waals surface area contributed by atoms with E-state index in [4.69, 9.17) is 9.47 Å². The molecule has 0 spiro atoms. The van der Waals surface area contributed by atoms with E-state index < -0.39 is 0 Å². The largest absolute Gasteiger partial charge is 0.496 e. The Bertz CT molecular complexity index is 391. The van der Waals surface area contributed by atoms with Crippen LogP contribution in [0, 0.1) is 6.92 Å². The number of anilines is 1. The van der Waals surface area contributed by atoms with Crippen LogP contribution in [-0.4, -0.2) is 26.2 Å². The zero-order chi connectivity index (χ0) is 13.4. The molecule has 0 atom stereocenters. The molecule has 0 saturated heterocycles. The smallest absolute Gasteiger partial charge is 0.325 e. The molecule has 0 aliphatic heterocycles. The highest BCUT2D eigenvalue weighted by atomic mass is 16.5. The Labute approximate surface area is 108 Å². The normalized spacial score (nSPS) is 9.94. The predicted octanol–water partition coefficient (Wildman–Crippen LogP) is 2.76. The molecule has 4 nitrogen and oxygen atoms in total. The lowest BCUT2D eigenvalue weighted by Gasteiger charge is -2.09. The Hall–Kier alpha value is -1.71. The number of hydrogen-bond donors (Lipinski definition) is 1. The van der Waals surface area contributed by atoms with Gasteiger partial charge in [-0.3, -0.25) is 4.79 Å². The maximum Gasteiger partial charge on any atom is 0.325 e. The van der Waals surface area contributed by atoms with Gasteiger partial charge in [-0.1, -0.05) is 13.3 Å². The number of aryl methyl sites for hydroxylation is 1. The molecular weight excluding hydrogens is 230 g/mol. The molecule has 0 amide bonds. The molecule has 1 aromatic rings. The van der Waals surface area contributed by atoms with Gasteiger partial charge in [0.1, 0.15) is 12.3 Å². The average molecular weight is 251 g/mol. The van der Waals surface area contributed by atoms with Crippen molar-refractivity contribution in [2.75, 3.05) is 25.6 Å². The number of methoxy groups -OCH3 is 1. The Balaban J connectivity index is 2.39. The highest BCUT2D eigenvalue weighted by molar-refractivity contribution is 5.75. The molecule has 0 radical (unpaired) electrons. The SMILES string of the molecule is CCCCOC(=O)CNc1ccc(OC)c(C)c1. The van der Waals surface area contributed by atoms with Crippen molar-refractivity contribution in [3.05, 3.63) is 23.8 Å². The van der Waals surface area contributed by atoms with Gasteiger partial charge in [0.05, 0.1) is 13.7 Å². The summed E-state index contributed by atoms with van der Waals surface area (Å²) in [6.07, 6.45) is 1.94. The van der Waals surface area contributed by atoms with Crippen molar-refractivity contribution in [2.24, 2.45) is 0 Å². The number of benzene rings is 1. The number of carbonyl (C=O) groups excluding carboxylic acids is 1. The Kier molecular flexibility index (Phi) is 6.05. The predicted molar refractivity (Wildman–Crippen MR) is 72.1 cm³/mol. The van der Waals surface area contributed by atoms with Crippen LogP contribution in [0.1, 0.15) is 25.3 Å². The van der Waals surface area contributed by atoms with Gasteiger partial charge >= 0.3 is 5.97 Å². The molecule has 0 aromatic heterocycles. The molecule has 0 unspecified atom stereocenters. The molecule has 4 heteroatoms. The maximum absolute atomic E-state index is 11.4. The molecule has 0 heterocycles. The van der Waals surface area contributed by atoms with Gasteiger partial charge in [0.2, 0.25) is 0 Å². The van der Waals surface area contributed by atoms with Crippen LogP contribution < -0.4 is 10.1 Å². The molecule has 0 aliphatic rings. The van der Waals surface area contributed by atoms with E-state index in [0.717, 1.165) is 29.8 Å². The van der Waals surface area contributed by atoms with Gasteiger partial charge in [0.15, 0.2) is 0 Å². The van der Waals surface area contributed by atoms with E-state index in [1.54, 1.807) is 7.11 Å². The van der Waals surface area contributed by atoms with Crippen LogP contribution in [0.15, 0.2) is 18.2 Å². The van der Waals surface area contributed by atoms with Crippen LogP contribution in [0.3, 0.4) is 0 Å². The Morgan fingerprint density at radius 2 is 2.17 bits per heavy atom. The molecule has 18 heavy (non-hydrogen) atoms. The molecule has 0 bridgehead atoms. The van der Waals surface area contributed by atoms with Crippen molar-refractivity contribution in [1.82, 2.24) is 0 Å². The first kappa shape index (κ1) is 14.4. The van der Waals surface area contributed by atoms with Crippen molar-refractivity contribution in [3.63, 3.8) is 0 Å². The zero-order valence-electron chi connectivity index (χ0n) is 11.3. The van der Waals surface area contributed by atoms with Gasteiger partial charge in [-0.2, -0.15) is 0 Å². The second-order valence-corrected chi connectivity index (χ2v) is 4.11. The summed E-state index contributed by atoms with van der Waals surface area (Å²) in [6, 6.07) is 5.70. The summed E-state index contributed by atoms with van der Waals surface area (Å²) in [5, 5.41) is 3.03. The fourth-order valence-corrected chi connectivity index (χ4v) is 1.54. The highest BCUT2D eigenvalue weighted by Crippen LogP contribution is 2.21. The van der Waals surface area contributed by atoms with E-state index in [1.165, 1.54) is 0 Å².